The van der Waals surface area contributed by atoms with Crippen molar-refractivity contribution in [2.75, 3.05) is 0 Å². The van der Waals surface area contributed by atoms with Crippen LogP contribution in [0, 0.1) is 0 Å². The molecule has 2 N–H and O–H groups in total. The van der Waals surface area contributed by atoms with Crippen LogP contribution in [0.25, 0.3) is 33.6 Å². The van der Waals surface area contributed by atoms with Gasteiger partial charge in [0, 0.05) is 29.2 Å². The Bertz CT molecular complexity index is 1010. The van der Waals surface area contributed by atoms with Crippen molar-refractivity contribution in [3.05, 3.63) is 84.1 Å². The van der Waals surface area contributed by atoms with Crippen LogP contribution >= 0.6 is 11.6 Å². The molecule has 0 aliphatic heterocycles. The largest absolute Gasteiger partial charge is 0.506 e. The van der Waals surface area contributed by atoms with Crippen molar-refractivity contribution in [2.45, 2.75) is 0 Å². The van der Waals surface area contributed by atoms with E-state index in [0.717, 1.165) is 33.6 Å². The molecule has 2 aromatic carbocycles. The second-order valence-electron chi connectivity index (χ2n) is 5.74. The highest BCUT2D eigenvalue weighted by Crippen LogP contribution is 2.38. The summed E-state index contributed by atoms with van der Waals surface area (Å²) in [4.78, 5) is 7.60. The number of pyridine rings is 1. The Morgan fingerprint density at radius 2 is 1.56 bits per heavy atom. The van der Waals surface area contributed by atoms with Gasteiger partial charge >= 0.3 is 0 Å². The number of benzene rings is 2. The van der Waals surface area contributed by atoms with Crippen molar-refractivity contribution in [2.24, 2.45) is 0 Å². The smallest absolute Gasteiger partial charge is 0.134 e. The fourth-order valence-electron chi connectivity index (χ4n) is 2.88. The molecule has 0 spiro atoms. The molecule has 4 aromatic rings. The van der Waals surface area contributed by atoms with Gasteiger partial charge in [0.1, 0.15) is 5.75 Å². The number of hydrogen-bond donors (Lipinski definition) is 2. The first-order chi connectivity index (χ1) is 12.2. The average Bonchev–Trinajstić information content (AvgIpc) is 3.11. The lowest BCUT2D eigenvalue weighted by molar-refractivity contribution is 0.476. The van der Waals surface area contributed by atoms with Crippen LogP contribution in [-0.4, -0.2) is 15.1 Å². The summed E-state index contributed by atoms with van der Waals surface area (Å²) in [6, 6.07) is 21.4. The molecule has 0 radical (unpaired) electrons. The molecule has 3 nitrogen and oxygen atoms in total. The summed E-state index contributed by atoms with van der Waals surface area (Å²) >= 11 is 5.96. The average molecular weight is 347 g/mol. The van der Waals surface area contributed by atoms with Crippen LogP contribution in [0.1, 0.15) is 0 Å². The Kier molecular flexibility index (Phi) is 4.00. The van der Waals surface area contributed by atoms with Gasteiger partial charge in [-0.15, -0.1) is 0 Å². The van der Waals surface area contributed by atoms with E-state index in [0.29, 0.717) is 5.02 Å². The second kappa shape index (κ2) is 6.46. The molecule has 0 saturated carbocycles. The molecule has 122 valence electrons. The molecule has 0 aliphatic rings. The lowest BCUT2D eigenvalue weighted by Crippen LogP contribution is -1.83. The highest BCUT2D eigenvalue weighted by atomic mass is 35.5. The Labute approximate surface area is 150 Å². The maximum absolute atomic E-state index is 9.99. The molecule has 0 fully saturated rings. The molecule has 0 unspecified atom stereocenters. The first-order valence-corrected chi connectivity index (χ1v) is 8.28. The third kappa shape index (κ3) is 3.02. The van der Waals surface area contributed by atoms with E-state index >= 15 is 0 Å². The number of phenolic OH excluding ortho intramolecular Hbond substituents is 1. The topological polar surface area (TPSA) is 48.9 Å². The number of aromatic amines is 1. The monoisotopic (exact) mass is 346 g/mol. The number of nitrogens with one attached hydrogen (secondary N) is 1. The molecule has 4 rings (SSSR count). The summed E-state index contributed by atoms with van der Waals surface area (Å²) in [5.74, 6) is 0.0716. The van der Waals surface area contributed by atoms with Gasteiger partial charge < -0.3 is 10.1 Å². The number of rotatable bonds is 3. The zero-order valence-corrected chi connectivity index (χ0v) is 14.0. The molecule has 0 amide bonds. The van der Waals surface area contributed by atoms with Crippen LogP contribution in [0.4, 0.5) is 0 Å². The van der Waals surface area contributed by atoms with Gasteiger partial charge in [0.05, 0.1) is 10.7 Å². The number of aromatic nitrogens is 2. The van der Waals surface area contributed by atoms with Crippen LogP contribution in [-0.2, 0) is 0 Å². The summed E-state index contributed by atoms with van der Waals surface area (Å²) in [6.07, 6.45) is 3.53. The minimum absolute atomic E-state index is 0.0716. The fraction of sp³-hybridized carbons (Fsp3) is 0. The van der Waals surface area contributed by atoms with Crippen molar-refractivity contribution in [3.63, 3.8) is 0 Å². The van der Waals surface area contributed by atoms with Crippen LogP contribution in [0.15, 0.2) is 79.1 Å². The van der Waals surface area contributed by atoms with Crippen molar-refractivity contribution in [3.8, 4) is 39.4 Å². The number of nitrogens with zero attached hydrogens (tertiary/aromatic N) is 1. The van der Waals surface area contributed by atoms with E-state index in [9.17, 15) is 5.11 Å². The van der Waals surface area contributed by atoms with Crippen LogP contribution in [0.3, 0.4) is 0 Å². The molecule has 0 bridgehead atoms. The summed E-state index contributed by atoms with van der Waals surface area (Å²) in [7, 11) is 0. The number of hydrogen-bond acceptors (Lipinski definition) is 2. The van der Waals surface area contributed by atoms with E-state index < -0.39 is 0 Å². The van der Waals surface area contributed by atoms with Gasteiger partial charge in [0.25, 0.3) is 0 Å². The van der Waals surface area contributed by atoms with Crippen LogP contribution in [0.5, 0.6) is 5.75 Å². The van der Waals surface area contributed by atoms with Gasteiger partial charge in [-0.1, -0.05) is 48.0 Å². The summed E-state index contributed by atoms with van der Waals surface area (Å²) < 4.78 is 0. The number of phenols is 1. The molecule has 0 saturated heterocycles. The Morgan fingerprint density at radius 1 is 0.800 bits per heavy atom. The lowest BCUT2D eigenvalue weighted by atomic mass is 10.0. The quantitative estimate of drug-likeness (QED) is 0.494. The number of H-pyrrole nitrogens is 1. The van der Waals surface area contributed by atoms with Crippen molar-refractivity contribution in [1.29, 1.82) is 0 Å². The first kappa shape index (κ1) is 15.5. The highest BCUT2D eigenvalue weighted by Gasteiger charge is 2.14. The summed E-state index contributed by atoms with van der Waals surface area (Å²) in [6.45, 7) is 0. The molecule has 2 aromatic heterocycles. The SMILES string of the molecule is Oc1cc(-c2cc(-c3ccccc3)[nH]c2-c2ccncc2)ccc1Cl. The van der Waals surface area contributed by atoms with E-state index in [1.165, 1.54) is 0 Å². The van der Waals surface area contributed by atoms with Crippen LogP contribution in [0.2, 0.25) is 5.02 Å². The van der Waals surface area contributed by atoms with Gasteiger partial charge in [-0.2, -0.15) is 0 Å². The minimum atomic E-state index is 0.0716. The Balaban J connectivity index is 1.92. The summed E-state index contributed by atoms with van der Waals surface area (Å²) in [5, 5.41) is 10.3. The van der Waals surface area contributed by atoms with Gasteiger partial charge in [-0.05, 0) is 41.5 Å². The van der Waals surface area contributed by atoms with Crippen molar-refractivity contribution < 1.29 is 5.11 Å². The molecule has 2 heterocycles. The molecule has 4 heteroatoms. The third-order valence-corrected chi connectivity index (χ3v) is 4.45. The van der Waals surface area contributed by atoms with Gasteiger partial charge in [-0.25, -0.2) is 0 Å². The van der Waals surface area contributed by atoms with Gasteiger partial charge in [-0.3, -0.25) is 4.98 Å². The zero-order chi connectivity index (χ0) is 17.2. The van der Waals surface area contributed by atoms with E-state index in [-0.39, 0.29) is 5.75 Å². The van der Waals surface area contributed by atoms with E-state index in [4.69, 9.17) is 11.6 Å². The minimum Gasteiger partial charge on any atom is -0.506 e. The lowest BCUT2D eigenvalue weighted by Gasteiger charge is -2.06. The van der Waals surface area contributed by atoms with Gasteiger partial charge in [0.15, 0.2) is 0 Å². The normalized spacial score (nSPS) is 10.8. The molecular formula is C21H15ClN2O. The van der Waals surface area contributed by atoms with Crippen molar-refractivity contribution >= 4 is 11.6 Å². The Morgan fingerprint density at radius 3 is 2.28 bits per heavy atom. The molecule has 0 aliphatic carbocycles. The second-order valence-corrected chi connectivity index (χ2v) is 6.15. The highest BCUT2D eigenvalue weighted by molar-refractivity contribution is 6.32. The zero-order valence-electron chi connectivity index (χ0n) is 13.3. The number of halogens is 1. The van der Waals surface area contributed by atoms with E-state index in [2.05, 4.69) is 28.2 Å². The fourth-order valence-corrected chi connectivity index (χ4v) is 3.00. The maximum atomic E-state index is 9.99. The predicted octanol–water partition coefficient (Wildman–Crippen LogP) is 5.77. The molecule has 25 heavy (non-hydrogen) atoms. The molecule has 0 atom stereocenters. The predicted molar refractivity (Wildman–Crippen MR) is 102 cm³/mol. The van der Waals surface area contributed by atoms with E-state index in [1.54, 1.807) is 24.5 Å². The van der Waals surface area contributed by atoms with Crippen molar-refractivity contribution in [1.82, 2.24) is 9.97 Å². The third-order valence-electron chi connectivity index (χ3n) is 4.13. The molecular weight excluding hydrogens is 332 g/mol. The maximum Gasteiger partial charge on any atom is 0.134 e. The first-order valence-electron chi connectivity index (χ1n) is 7.90. The van der Waals surface area contributed by atoms with E-state index in [1.807, 2.05) is 36.4 Å². The standard InChI is InChI=1S/C21H15ClN2O/c22-18-7-6-16(12-20(18)25)17-13-19(14-4-2-1-3-5-14)24-21(17)15-8-10-23-11-9-15/h1-13,24-25H. The Hall–Kier alpha value is -3.04. The summed E-state index contributed by atoms with van der Waals surface area (Å²) in [5.41, 5.74) is 6.01. The number of aromatic hydroxyl groups is 1. The van der Waals surface area contributed by atoms with Crippen LogP contribution < -0.4 is 0 Å². The van der Waals surface area contributed by atoms with Gasteiger partial charge in [0.2, 0.25) is 0 Å².